The van der Waals surface area contributed by atoms with E-state index in [-0.39, 0.29) is 0 Å². The molecule has 1 heteroatoms. The molecule has 0 aromatic heterocycles. The van der Waals surface area contributed by atoms with E-state index in [2.05, 4.69) is 72.5 Å². The molecule has 102 valence electrons. The van der Waals surface area contributed by atoms with E-state index in [1.165, 1.54) is 48.3 Å². The van der Waals surface area contributed by atoms with Gasteiger partial charge in [0.25, 0.3) is 0 Å². The van der Waals surface area contributed by atoms with E-state index in [0.717, 1.165) is 0 Å². The minimum atomic E-state index is 1.17. The minimum Gasteiger partial charge on any atom is -0.371 e. The lowest BCUT2D eigenvalue weighted by Gasteiger charge is -2.22. The molecule has 1 nitrogen and oxygen atoms in total. The first-order chi connectivity index (χ1) is 9.83. The standard InChI is InChI=1S/C19H21N/c1-16-9-11-17(12-10-16)15-19(20-13-5-6-14-20)18-7-3-2-4-8-18/h2-4,7-12,15H,5-6,13-14H2,1H3/b19-15+. The van der Waals surface area contributed by atoms with Crippen molar-refractivity contribution in [3.05, 3.63) is 71.3 Å². The summed E-state index contributed by atoms with van der Waals surface area (Å²) in [5, 5.41) is 0. The Morgan fingerprint density at radius 2 is 1.55 bits per heavy atom. The van der Waals surface area contributed by atoms with Crippen molar-refractivity contribution in [3.8, 4) is 0 Å². The van der Waals surface area contributed by atoms with E-state index >= 15 is 0 Å². The predicted octanol–water partition coefficient (Wildman–Crippen LogP) is 4.59. The van der Waals surface area contributed by atoms with Crippen molar-refractivity contribution in [3.63, 3.8) is 0 Å². The molecule has 0 N–H and O–H groups in total. The van der Waals surface area contributed by atoms with Crippen LogP contribution < -0.4 is 0 Å². The van der Waals surface area contributed by atoms with Crippen molar-refractivity contribution in [2.75, 3.05) is 13.1 Å². The van der Waals surface area contributed by atoms with Crippen molar-refractivity contribution in [1.82, 2.24) is 4.90 Å². The Bertz CT molecular complexity index is 575. The Labute approximate surface area is 121 Å². The summed E-state index contributed by atoms with van der Waals surface area (Å²) in [6.07, 6.45) is 4.93. The van der Waals surface area contributed by atoms with Gasteiger partial charge in [0.1, 0.15) is 0 Å². The molecular formula is C19H21N. The second kappa shape index (κ2) is 5.96. The summed E-state index contributed by atoms with van der Waals surface area (Å²) in [5.74, 6) is 0. The third-order valence-electron chi connectivity index (χ3n) is 3.90. The molecule has 0 bridgehead atoms. The van der Waals surface area contributed by atoms with Crippen molar-refractivity contribution in [2.45, 2.75) is 19.8 Å². The highest BCUT2D eigenvalue weighted by molar-refractivity contribution is 5.80. The zero-order valence-electron chi connectivity index (χ0n) is 12.0. The molecular weight excluding hydrogens is 242 g/mol. The molecule has 1 heterocycles. The van der Waals surface area contributed by atoms with Crippen LogP contribution in [0.5, 0.6) is 0 Å². The smallest absolute Gasteiger partial charge is 0.0445 e. The molecule has 1 fully saturated rings. The third-order valence-corrected chi connectivity index (χ3v) is 3.90. The molecule has 0 unspecified atom stereocenters. The summed E-state index contributed by atoms with van der Waals surface area (Å²) >= 11 is 0. The van der Waals surface area contributed by atoms with Crippen LogP contribution in [0.15, 0.2) is 54.6 Å². The molecule has 0 atom stereocenters. The van der Waals surface area contributed by atoms with Gasteiger partial charge in [-0.2, -0.15) is 0 Å². The largest absolute Gasteiger partial charge is 0.371 e. The predicted molar refractivity (Wildman–Crippen MR) is 86.3 cm³/mol. The molecule has 1 aliphatic rings. The lowest BCUT2D eigenvalue weighted by atomic mass is 10.1. The molecule has 3 rings (SSSR count). The molecule has 2 aromatic rings. The van der Waals surface area contributed by atoms with Crippen molar-refractivity contribution in [1.29, 1.82) is 0 Å². The molecule has 0 radical (unpaired) electrons. The van der Waals surface area contributed by atoms with E-state index in [9.17, 15) is 0 Å². The zero-order valence-corrected chi connectivity index (χ0v) is 12.0. The van der Waals surface area contributed by atoms with Crippen LogP contribution in [0.2, 0.25) is 0 Å². The molecule has 1 saturated heterocycles. The normalized spacial score (nSPS) is 15.7. The first-order valence-electron chi connectivity index (χ1n) is 7.42. The number of likely N-dealkylation sites (tertiary alicyclic amines) is 1. The van der Waals surface area contributed by atoms with E-state index in [1.54, 1.807) is 0 Å². The lowest BCUT2D eigenvalue weighted by molar-refractivity contribution is 0.495. The van der Waals surface area contributed by atoms with Gasteiger partial charge in [0.2, 0.25) is 0 Å². The number of nitrogens with zero attached hydrogens (tertiary/aromatic N) is 1. The molecule has 1 aliphatic heterocycles. The molecule has 0 amide bonds. The van der Waals surface area contributed by atoms with E-state index in [0.29, 0.717) is 0 Å². The van der Waals surface area contributed by atoms with Crippen molar-refractivity contribution >= 4 is 11.8 Å². The average molecular weight is 263 g/mol. The fourth-order valence-electron chi connectivity index (χ4n) is 2.74. The summed E-state index contributed by atoms with van der Waals surface area (Å²) < 4.78 is 0. The maximum Gasteiger partial charge on any atom is 0.0445 e. The van der Waals surface area contributed by atoms with Crippen molar-refractivity contribution < 1.29 is 0 Å². The average Bonchev–Trinajstić information content (AvgIpc) is 3.01. The Balaban J connectivity index is 1.98. The van der Waals surface area contributed by atoms with Gasteiger partial charge in [-0.05, 0) is 37.0 Å². The summed E-state index contributed by atoms with van der Waals surface area (Å²) in [6.45, 7) is 4.48. The van der Waals surface area contributed by atoms with Gasteiger partial charge >= 0.3 is 0 Å². The van der Waals surface area contributed by atoms with Gasteiger partial charge in [0, 0.05) is 18.8 Å². The van der Waals surface area contributed by atoms with Gasteiger partial charge in [-0.3, -0.25) is 0 Å². The van der Waals surface area contributed by atoms with E-state index in [4.69, 9.17) is 0 Å². The highest BCUT2D eigenvalue weighted by Gasteiger charge is 2.16. The molecule has 20 heavy (non-hydrogen) atoms. The van der Waals surface area contributed by atoms with Crippen LogP contribution >= 0.6 is 0 Å². The third kappa shape index (κ3) is 2.93. The number of hydrogen-bond acceptors (Lipinski definition) is 1. The van der Waals surface area contributed by atoms with E-state index in [1.807, 2.05) is 0 Å². The maximum atomic E-state index is 2.51. The first kappa shape index (κ1) is 13.0. The minimum absolute atomic E-state index is 1.17. The van der Waals surface area contributed by atoms with Gasteiger partial charge < -0.3 is 4.90 Å². The van der Waals surface area contributed by atoms with Gasteiger partial charge in [0.05, 0.1) is 0 Å². The topological polar surface area (TPSA) is 3.24 Å². The monoisotopic (exact) mass is 263 g/mol. The first-order valence-corrected chi connectivity index (χ1v) is 7.42. The van der Waals surface area contributed by atoms with Gasteiger partial charge in [-0.1, -0.05) is 60.2 Å². The summed E-state index contributed by atoms with van der Waals surface area (Å²) in [6, 6.07) is 19.5. The fraction of sp³-hybridized carbons (Fsp3) is 0.263. The SMILES string of the molecule is Cc1ccc(/C=C(\c2ccccc2)N2CCCC2)cc1. The van der Waals surface area contributed by atoms with E-state index < -0.39 is 0 Å². The second-order valence-corrected chi connectivity index (χ2v) is 5.50. The Hall–Kier alpha value is -2.02. The molecule has 0 aliphatic carbocycles. The lowest BCUT2D eigenvalue weighted by Crippen LogP contribution is -2.17. The Kier molecular flexibility index (Phi) is 3.87. The fourth-order valence-corrected chi connectivity index (χ4v) is 2.74. The molecule has 0 spiro atoms. The number of benzene rings is 2. The van der Waals surface area contributed by atoms with Crippen molar-refractivity contribution in [2.24, 2.45) is 0 Å². The molecule has 0 saturated carbocycles. The number of aryl methyl sites for hydroxylation is 1. The summed E-state index contributed by atoms with van der Waals surface area (Å²) in [7, 11) is 0. The quantitative estimate of drug-likeness (QED) is 0.732. The summed E-state index contributed by atoms with van der Waals surface area (Å²) in [5.41, 5.74) is 5.26. The van der Waals surface area contributed by atoms with Crippen LogP contribution in [0.3, 0.4) is 0 Å². The number of rotatable bonds is 3. The van der Waals surface area contributed by atoms with Gasteiger partial charge in [0.15, 0.2) is 0 Å². The highest BCUT2D eigenvalue weighted by Crippen LogP contribution is 2.26. The maximum absolute atomic E-state index is 2.51. The Morgan fingerprint density at radius 1 is 0.900 bits per heavy atom. The van der Waals surface area contributed by atoms with Crippen LogP contribution in [-0.4, -0.2) is 18.0 Å². The second-order valence-electron chi connectivity index (χ2n) is 5.50. The Morgan fingerprint density at radius 3 is 2.20 bits per heavy atom. The van der Waals surface area contributed by atoms with Crippen LogP contribution in [0.25, 0.3) is 11.8 Å². The van der Waals surface area contributed by atoms with Gasteiger partial charge in [-0.15, -0.1) is 0 Å². The van der Waals surface area contributed by atoms with Crippen LogP contribution in [0.4, 0.5) is 0 Å². The van der Waals surface area contributed by atoms with Crippen LogP contribution in [0, 0.1) is 6.92 Å². The summed E-state index contributed by atoms with van der Waals surface area (Å²) in [4.78, 5) is 2.51. The van der Waals surface area contributed by atoms with Crippen LogP contribution in [-0.2, 0) is 0 Å². The van der Waals surface area contributed by atoms with Gasteiger partial charge in [-0.25, -0.2) is 0 Å². The van der Waals surface area contributed by atoms with Crippen LogP contribution in [0.1, 0.15) is 29.5 Å². The number of hydrogen-bond donors (Lipinski definition) is 0. The molecule has 2 aromatic carbocycles. The highest BCUT2D eigenvalue weighted by atomic mass is 15.1. The zero-order chi connectivity index (χ0) is 13.8.